The number of carbonyl (C=O) groups is 1. The molecule has 0 bridgehead atoms. The lowest BCUT2D eigenvalue weighted by molar-refractivity contribution is -0.119. The van der Waals surface area contributed by atoms with E-state index in [4.69, 9.17) is 25.8 Å². The van der Waals surface area contributed by atoms with Gasteiger partial charge in [-0.15, -0.1) is 0 Å². The molecule has 1 amide bonds. The second-order valence-electron chi connectivity index (χ2n) is 7.55. The first-order valence-electron chi connectivity index (χ1n) is 10.7. The van der Waals surface area contributed by atoms with Crippen LogP contribution in [0.4, 0.5) is 5.69 Å². The average molecular weight is 532 g/mol. The Morgan fingerprint density at radius 2 is 1.58 bits per heavy atom. The number of anilines is 1. The van der Waals surface area contributed by atoms with Crippen molar-refractivity contribution in [1.29, 1.82) is 0 Å². The Kier molecular flexibility index (Phi) is 8.78. The maximum Gasteiger partial charge on any atom is 0.264 e. The van der Waals surface area contributed by atoms with Crippen molar-refractivity contribution in [3.8, 4) is 17.2 Å². The molecular formula is C25H26ClN3O6S. The van der Waals surface area contributed by atoms with Gasteiger partial charge in [0.1, 0.15) is 12.3 Å². The normalized spacial score (nSPS) is 11.2. The van der Waals surface area contributed by atoms with Gasteiger partial charge < -0.3 is 14.2 Å². The van der Waals surface area contributed by atoms with Crippen LogP contribution in [0.2, 0.25) is 5.02 Å². The third-order valence-electron chi connectivity index (χ3n) is 5.13. The number of hydrogen-bond donors (Lipinski definition) is 1. The Balaban J connectivity index is 1.86. The summed E-state index contributed by atoms with van der Waals surface area (Å²) in [7, 11) is 0.380. The Morgan fingerprint density at radius 1 is 0.944 bits per heavy atom. The van der Waals surface area contributed by atoms with Crippen LogP contribution in [0.5, 0.6) is 17.2 Å². The molecule has 0 atom stereocenters. The van der Waals surface area contributed by atoms with Crippen molar-refractivity contribution in [2.75, 3.05) is 32.2 Å². The van der Waals surface area contributed by atoms with E-state index in [2.05, 4.69) is 10.5 Å². The van der Waals surface area contributed by atoms with Crippen molar-refractivity contribution in [2.45, 2.75) is 11.8 Å². The van der Waals surface area contributed by atoms with Gasteiger partial charge in [-0.25, -0.2) is 13.8 Å². The number of rotatable bonds is 10. The summed E-state index contributed by atoms with van der Waals surface area (Å²) in [5.41, 5.74) is 4.09. The lowest BCUT2D eigenvalue weighted by Gasteiger charge is -2.24. The Hall–Kier alpha value is -3.76. The molecule has 0 saturated carbocycles. The van der Waals surface area contributed by atoms with Crippen molar-refractivity contribution in [3.05, 3.63) is 76.8 Å². The van der Waals surface area contributed by atoms with Crippen molar-refractivity contribution in [3.63, 3.8) is 0 Å². The van der Waals surface area contributed by atoms with E-state index in [1.165, 1.54) is 57.9 Å². The largest absolute Gasteiger partial charge is 0.495 e. The predicted octanol–water partition coefficient (Wildman–Crippen LogP) is 4.02. The minimum Gasteiger partial charge on any atom is -0.495 e. The molecule has 0 heterocycles. The smallest absolute Gasteiger partial charge is 0.264 e. The number of ether oxygens (including phenoxy) is 3. The van der Waals surface area contributed by atoms with E-state index < -0.39 is 22.5 Å². The minimum absolute atomic E-state index is 0.0293. The van der Waals surface area contributed by atoms with Crippen LogP contribution in [0.15, 0.2) is 70.7 Å². The van der Waals surface area contributed by atoms with E-state index in [9.17, 15) is 13.2 Å². The molecule has 0 spiro atoms. The standard InChI is InChI=1S/C25H26ClN3O6S/c1-17-5-9-20(10-6-17)36(31,32)29(19-8-12-22(33-2)21(26)14-19)16-25(30)28-27-15-18-7-11-23(34-3)24(13-18)35-4/h5-15H,16H2,1-4H3,(H,28,30)/b27-15-. The molecule has 0 aromatic heterocycles. The van der Waals surface area contributed by atoms with Gasteiger partial charge in [0.15, 0.2) is 11.5 Å². The van der Waals surface area contributed by atoms with Gasteiger partial charge in [0.2, 0.25) is 0 Å². The SMILES string of the molecule is COc1ccc(N(CC(=O)N/N=C\c2ccc(OC)c(OC)c2)S(=O)(=O)c2ccc(C)cc2)cc1Cl. The summed E-state index contributed by atoms with van der Waals surface area (Å²) in [5, 5.41) is 4.14. The fraction of sp³-hybridized carbons (Fsp3) is 0.200. The van der Waals surface area contributed by atoms with Gasteiger partial charge in [0.05, 0.1) is 43.1 Å². The monoisotopic (exact) mass is 531 g/mol. The lowest BCUT2D eigenvalue weighted by atomic mass is 10.2. The molecule has 0 unspecified atom stereocenters. The summed E-state index contributed by atoms with van der Waals surface area (Å²) in [6, 6.07) is 15.9. The van der Waals surface area contributed by atoms with Crippen LogP contribution in [0.1, 0.15) is 11.1 Å². The molecule has 11 heteroatoms. The topological polar surface area (TPSA) is 107 Å². The number of hydrogen-bond acceptors (Lipinski definition) is 7. The third-order valence-corrected chi connectivity index (χ3v) is 7.21. The second kappa shape index (κ2) is 11.8. The second-order valence-corrected chi connectivity index (χ2v) is 9.82. The molecule has 3 rings (SSSR count). The summed E-state index contributed by atoms with van der Waals surface area (Å²) in [6.07, 6.45) is 1.41. The Labute approximate surface area is 215 Å². The maximum absolute atomic E-state index is 13.5. The molecular weight excluding hydrogens is 506 g/mol. The molecule has 1 N–H and O–H groups in total. The average Bonchev–Trinajstić information content (AvgIpc) is 2.87. The van der Waals surface area contributed by atoms with Crippen LogP contribution < -0.4 is 23.9 Å². The molecule has 0 aliphatic carbocycles. The summed E-state index contributed by atoms with van der Waals surface area (Å²) >= 11 is 6.24. The molecule has 0 radical (unpaired) electrons. The van der Waals surface area contributed by atoms with Crippen LogP contribution in [0, 0.1) is 6.92 Å². The zero-order valence-electron chi connectivity index (χ0n) is 20.2. The maximum atomic E-state index is 13.5. The van der Waals surface area contributed by atoms with Crippen LogP contribution in [0.25, 0.3) is 0 Å². The number of hydrazone groups is 1. The highest BCUT2D eigenvalue weighted by Gasteiger charge is 2.27. The minimum atomic E-state index is -4.11. The van der Waals surface area contributed by atoms with Crippen molar-refractivity contribution in [2.24, 2.45) is 5.10 Å². The van der Waals surface area contributed by atoms with E-state index >= 15 is 0 Å². The van der Waals surface area contributed by atoms with E-state index in [0.717, 1.165) is 9.87 Å². The third kappa shape index (κ3) is 6.27. The fourth-order valence-electron chi connectivity index (χ4n) is 3.24. The number of benzene rings is 3. The first kappa shape index (κ1) is 26.8. The summed E-state index contributed by atoms with van der Waals surface area (Å²) < 4.78 is 43.5. The summed E-state index contributed by atoms with van der Waals surface area (Å²) in [6.45, 7) is 1.31. The number of sulfonamides is 1. The first-order chi connectivity index (χ1) is 17.2. The van der Waals surface area contributed by atoms with Gasteiger partial charge >= 0.3 is 0 Å². The highest BCUT2D eigenvalue weighted by molar-refractivity contribution is 7.92. The molecule has 0 aliphatic rings. The van der Waals surface area contributed by atoms with E-state index in [1.54, 1.807) is 30.3 Å². The predicted molar refractivity (Wildman–Crippen MR) is 139 cm³/mol. The van der Waals surface area contributed by atoms with Gasteiger partial charge in [-0.1, -0.05) is 29.3 Å². The Morgan fingerprint density at radius 3 is 2.19 bits per heavy atom. The molecule has 3 aromatic carbocycles. The number of methoxy groups -OCH3 is 3. The van der Waals surface area contributed by atoms with Gasteiger partial charge in [-0.3, -0.25) is 9.10 Å². The summed E-state index contributed by atoms with van der Waals surface area (Å²) in [5.74, 6) is 0.764. The lowest BCUT2D eigenvalue weighted by Crippen LogP contribution is -2.39. The highest BCUT2D eigenvalue weighted by Crippen LogP contribution is 2.32. The molecule has 190 valence electrons. The number of carbonyl (C=O) groups excluding carboxylic acids is 1. The summed E-state index contributed by atoms with van der Waals surface area (Å²) in [4.78, 5) is 12.8. The number of amides is 1. The van der Waals surface area contributed by atoms with Gasteiger partial charge in [0.25, 0.3) is 15.9 Å². The van der Waals surface area contributed by atoms with E-state index in [-0.39, 0.29) is 15.6 Å². The van der Waals surface area contributed by atoms with Gasteiger partial charge in [0, 0.05) is 0 Å². The number of aryl methyl sites for hydroxylation is 1. The van der Waals surface area contributed by atoms with E-state index in [0.29, 0.717) is 22.8 Å². The number of nitrogens with zero attached hydrogens (tertiary/aromatic N) is 2. The highest BCUT2D eigenvalue weighted by atomic mass is 35.5. The molecule has 3 aromatic rings. The zero-order valence-corrected chi connectivity index (χ0v) is 21.8. The van der Waals surface area contributed by atoms with Crippen molar-refractivity contribution in [1.82, 2.24) is 5.43 Å². The zero-order chi connectivity index (χ0) is 26.3. The van der Waals surface area contributed by atoms with Crippen LogP contribution in [0.3, 0.4) is 0 Å². The molecule has 36 heavy (non-hydrogen) atoms. The quantitative estimate of drug-likeness (QED) is 0.313. The molecule has 0 saturated heterocycles. The molecule has 0 fully saturated rings. The Bertz CT molecular complexity index is 1360. The molecule has 9 nitrogen and oxygen atoms in total. The van der Waals surface area contributed by atoms with Crippen molar-refractivity contribution >= 4 is 39.4 Å². The van der Waals surface area contributed by atoms with Gasteiger partial charge in [-0.05, 0) is 61.0 Å². The van der Waals surface area contributed by atoms with Crippen LogP contribution in [-0.2, 0) is 14.8 Å². The number of halogens is 1. The van der Waals surface area contributed by atoms with Crippen LogP contribution >= 0.6 is 11.6 Å². The van der Waals surface area contributed by atoms with Gasteiger partial charge in [-0.2, -0.15) is 5.10 Å². The van der Waals surface area contributed by atoms with Crippen LogP contribution in [-0.4, -0.2) is 48.4 Å². The fourth-order valence-corrected chi connectivity index (χ4v) is 4.91. The van der Waals surface area contributed by atoms with Crippen molar-refractivity contribution < 1.29 is 27.4 Å². The van der Waals surface area contributed by atoms with E-state index in [1.807, 2.05) is 6.92 Å². The molecule has 0 aliphatic heterocycles. The first-order valence-corrected chi connectivity index (χ1v) is 12.5. The number of nitrogens with one attached hydrogen (secondary N) is 1.